The zero-order valence-electron chi connectivity index (χ0n) is 31.4. The van der Waals surface area contributed by atoms with Crippen LogP contribution in [-0.2, 0) is 31.0 Å². The van der Waals surface area contributed by atoms with Crippen LogP contribution in [0.3, 0.4) is 0 Å². The lowest BCUT2D eigenvalue weighted by molar-refractivity contribution is -0.141. The predicted octanol–water partition coefficient (Wildman–Crippen LogP) is 6.51. The number of imide groups is 2. The number of ether oxygens (including phenoxy) is 1. The van der Waals surface area contributed by atoms with E-state index in [2.05, 4.69) is 0 Å². The lowest BCUT2D eigenvalue weighted by Gasteiger charge is -2.49. The summed E-state index contributed by atoms with van der Waals surface area (Å²) in [6.07, 6.45) is 4.06. The van der Waals surface area contributed by atoms with Crippen molar-refractivity contribution in [2.24, 2.45) is 36.1 Å². The van der Waals surface area contributed by atoms with Crippen LogP contribution < -0.4 is 9.64 Å². The molecule has 14 heteroatoms. The van der Waals surface area contributed by atoms with Gasteiger partial charge in [-0.15, -0.1) is 11.3 Å². The molecule has 2 N–H and O–H groups in total. The molecule has 4 heterocycles. The Bertz CT molecular complexity index is 2330. The molecule has 0 bridgehead atoms. The topological polar surface area (TPSA) is 159 Å². The fraction of sp³-hybridized carbons (Fsp3) is 0.429. The fourth-order valence-corrected chi connectivity index (χ4v) is 11.1. The normalized spacial score (nSPS) is 25.8. The number of aliphatic carboxylic acids is 1. The molecule has 8 rings (SSSR count). The van der Waals surface area contributed by atoms with E-state index in [4.69, 9.17) is 26.5 Å². The molecular weight excluding hydrogens is 756 g/mol. The average Bonchev–Trinajstić information content (AvgIpc) is 3.84. The molecule has 1 saturated carbocycles. The van der Waals surface area contributed by atoms with Crippen molar-refractivity contribution in [1.82, 2.24) is 14.7 Å². The Morgan fingerprint density at radius 1 is 1.04 bits per heavy atom. The lowest BCUT2D eigenvalue weighted by Crippen LogP contribution is -2.49. The summed E-state index contributed by atoms with van der Waals surface area (Å²) in [6.45, 7) is 3.83. The van der Waals surface area contributed by atoms with E-state index in [0.717, 1.165) is 26.1 Å². The molecule has 6 atom stereocenters. The maximum Gasteiger partial charge on any atom is 0.303 e. The lowest BCUT2D eigenvalue weighted by atomic mass is 9.51. The number of aliphatic hydroxyl groups excluding tert-OH is 1. The number of fused-ring (bicyclic) bond motifs is 5. The van der Waals surface area contributed by atoms with Crippen molar-refractivity contribution < 1.29 is 38.9 Å². The van der Waals surface area contributed by atoms with Crippen molar-refractivity contribution in [3.05, 3.63) is 76.3 Å². The zero-order valence-corrected chi connectivity index (χ0v) is 32.9. The van der Waals surface area contributed by atoms with Gasteiger partial charge < -0.3 is 14.9 Å². The van der Waals surface area contributed by atoms with E-state index in [1.807, 2.05) is 56.3 Å². The van der Waals surface area contributed by atoms with Gasteiger partial charge in [0, 0.05) is 47.3 Å². The molecule has 4 aromatic rings. The van der Waals surface area contributed by atoms with E-state index in [0.29, 0.717) is 53.5 Å². The number of nitrogens with zero attached hydrogens (tertiary/aromatic N) is 4. The van der Waals surface area contributed by atoms with Gasteiger partial charge >= 0.3 is 5.97 Å². The summed E-state index contributed by atoms with van der Waals surface area (Å²) in [6, 6.07) is 14.8. The van der Waals surface area contributed by atoms with Crippen molar-refractivity contribution in [3.8, 4) is 16.3 Å². The maximum absolute atomic E-state index is 15.2. The fourth-order valence-electron chi connectivity index (χ4n) is 9.81. The van der Waals surface area contributed by atoms with Gasteiger partial charge in [-0.3, -0.25) is 33.6 Å². The van der Waals surface area contributed by atoms with Gasteiger partial charge in [0.15, 0.2) is 0 Å². The molecule has 2 aromatic heterocycles. The number of likely N-dealkylation sites (tertiary alicyclic amines) is 1. The smallest absolute Gasteiger partial charge is 0.303 e. The van der Waals surface area contributed by atoms with Gasteiger partial charge in [-0.05, 0) is 80.7 Å². The Morgan fingerprint density at radius 2 is 1.82 bits per heavy atom. The first-order valence-corrected chi connectivity index (χ1v) is 20.3. The number of anilines is 1. The van der Waals surface area contributed by atoms with Crippen molar-refractivity contribution in [3.63, 3.8) is 0 Å². The van der Waals surface area contributed by atoms with Crippen LogP contribution in [0.25, 0.3) is 20.7 Å². The number of para-hydroxylation sites is 1. The van der Waals surface area contributed by atoms with Crippen molar-refractivity contribution in [2.45, 2.75) is 58.3 Å². The van der Waals surface area contributed by atoms with E-state index < -0.39 is 41.0 Å². The number of carbonyl (C=O) groups is 5. The molecule has 12 nitrogen and oxygen atoms in total. The highest BCUT2D eigenvalue weighted by molar-refractivity contribution is 7.22. The number of halogens is 1. The molecular formula is C42H43ClN4O8S. The van der Waals surface area contributed by atoms with Gasteiger partial charge in [0.2, 0.25) is 23.6 Å². The van der Waals surface area contributed by atoms with E-state index in [1.54, 1.807) is 35.2 Å². The first-order chi connectivity index (χ1) is 26.9. The maximum atomic E-state index is 15.2. The molecule has 56 heavy (non-hydrogen) atoms. The Kier molecular flexibility index (Phi) is 9.91. The van der Waals surface area contributed by atoms with Crippen LogP contribution in [0.4, 0.5) is 5.82 Å². The number of hydrogen-bond acceptors (Lipinski definition) is 9. The Labute approximate surface area is 332 Å². The predicted molar refractivity (Wildman–Crippen MR) is 210 cm³/mol. The number of allylic oxidation sites excluding steroid dienone is 2. The van der Waals surface area contributed by atoms with E-state index in [1.165, 1.54) is 9.80 Å². The van der Waals surface area contributed by atoms with E-state index in [-0.39, 0.29) is 56.2 Å². The summed E-state index contributed by atoms with van der Waals surface area (Å²) in [5, 5.41) is 25.1. The quantitative estimate of drug-likeness (QED) is 0.0926. The first kappa shape index (κ1) is 38.0. The number of carbonyl (C=O) groups excluding carboxylic acids is 4. The largest absolute Gasteiger partial charge is 0.491 e. The number of aromatic nitrogens is 2. The highest BCUT2D eigenvalue weighted by Crippen LogP contribution is 2.64. The van der Waals surface area contributed by atoms with Crippen LogP contribution in [0.2, 0.25) is 5.02 Å². The van der Waals surface area contributed by atoms with Gasteiger partial charge in [-0.1, -0.05) is 47.9 Å². The number of rotatable bonds is 12. The summed E-state index contributed by atoms with van der Waals surface area (Å²) in [7, 11) is 1.71. The molecule has 0 spiro atoms. The zero-order chi connectivity index (χ0) is 39.6. The molecule has 4 aliphatic rings. The number of unbranched alkanes of at least 4 members (excludes halogenated alkanes) is 2. The monoisotopic (exact) mass is 798 g/mol. The third-order valence-electron chi connectivity index (χ3n) is 12.4. The highest BCUT2D eigenvalue weighted by Gasteiger charge is 2.68. The second-order valence-electron chi connectivity index (χ2n) is 15.5. The number of benzene rings is 2. The van der Waals surface area contributed by atoms with E-state index >= 15 is 4.79 Å². The van der Waals surface area contributed by atoms with E-state index in [9.17, 15) is 24.3 Å². The van der Waals surface area contributed by atoms with Crippen LogP contribution in [0.1, 0.15) is 62.5 Å². The molecule has 292 valence electrons. The standard InChI is InChI=1S/C42H43ClN4O8S/c1-22-27-19-23(43)12-15-32(27)56-37(22)30-21-33(45(3)44-30)47-39(52)29-20-28-24(36(42(29,2)41(47)54)25-9-6-7-10-31(25)55-18-17-48)13-14-26-35(28)40(53)46(38(26)51)16-8-4-5-11-34(49)50/h6-7,9-10,12-13,15,19,21,26,28-29,35-36,48H,4-5,8,11,14,16-18,20H2,1-3H3,(H,49,50). The van der Waals surface area contributed by atoms with Crippen LogP contribution in [0.5, 0.6) is 5.75 Å². The van der Waals surface area contributed by atoms with Crippen molar-refractivity contribution in [2.75, 3.05) is 24.7 Å². The Hall–Kier alpha value is -4.85. The van der Waals surface area contributed by atoms with Crippen LogP contribution >= 0.6 is 22.9 Å². The van der Waals surface area contributed by atoms with Crippen molar-refractivity contribution in [1.29, 1.82) is 0 Å². The number of hydrogen-bond donors (Lipinski definition) is 2. The van der Waals surface area contributed by atoms with Gasteiger partial charge in [0.05, 0.1) is 34.7 Å². The molecule has 4 amide bonds. The minimum Gasteiger partial charge on any atom is -0.491 e. The SMILES string of the molecule is Cc1c(-c2cc(N3C(=O)C4CC5C(=CCC6C(=O)N(CCCCCC(=O)O)C(=O)C65)C(c5ccccc5OCCO)C4(C)C3=O)n(C)n2)sc2ccc(Cl)cc12. The summed E-state index contributed by atoms with van der Waals surface area (Å²) >= 11 is 7.88. The summed E-state index contributed by atoms with van der Waals surface area (Å²) in [5.74, 6) is -4.72. The van der Waals surface area contributed by atoms with Gasteiger partial charge in [-0.2, -0.15) is 5.10 Å². The summed E-state index contributed by atoms with van der Waals surface area (Å²) < 4.78 is 8.65. The number of carboxylic acid groups (broad SMARTS) is 1. The number of carboxylic acids is 1. The number of aliphatic hydroxyl groups is 1. The third kappa shape index (κ3) is 5.97. The number of aryl methyl sites for hydroxylation is 2. The molecule has 2 aromatic carbocycles. The average molecular weight is 799 g/mol. The molecule has 3 fully saturated rings. The Balaban J connectivity index is 1.19. The second-order valence-corrected chi connectivity index (χ2v) is 17.0. The van der Waals surface area contributed by atoms with Crippen molar-refractivity contribution >= 4 is 68.4 Å². The third-order valence-corrected chi connectivity index (χ3v) is 14.0. The summed E-state index contributed by atoms with van der Waals surface area (Å²) in [5.41, 5.74) is 1.82. The van der Waals surface area contributed by atoms with Crippen LogP contribution in [0, 0.1) is 36.0 Å². The highest BCUT2D eigenvalue weighted by atomic mass is 35.5. The second kappa shape index (κ2) is 14.6. The molecule has 6 unspecified atom stereocenters. The molecule has 2 aliphatic carbocycles. The van der Waals surface area contributed by atoms with Gasteiger partial charge in [-0.25, -0.2) is 4.90 Å². The van der Waals surface area contributed by atoms with Gasteiger partial charge in [0.1, 0.15) is 23.9 Å². The van der Waals surface area contributed by atoms with Crippen LogP contribution in [0.15, 0.2) is 60.2 Å². The molecule has 2 saturated heterocycles. The minimum absolute atomic E-state index is 0.0195. The minimum atomic E-state index is -1.30. The molecule has 0 radical (unpaired) electrons. The van der Waals surface area contributed by atoms with Gasteiger partial charge in [0.25, 0.3) is 0 Å². The summed E-state index contributed by atoms with van der Waals surface area (Å²) in [4.78, 5) is 72.7. The van der Waals surface area contributed by atoms with Crippen LogP contribution in [-0.4, -0.2) is 74.2 Å². The molecule has 2 aliphatic heterocycles. The Morgan fingerprint density at radius 3 is 2.59 bits per heavy atom. The first-order valence-electron chi connectivity index (χ1n) is 19.1. The number of thiophene rings is 1. The number of amides is 4.